The average molecular weight is 170 g/mol. The molecule has 2 rings (SSSR count). The van der Waals surface area contributed by atoms with Gasteiger partial charge in [0.15, 0.2) is 0 Å². The molecule has 0 heterocycles. The molecule has 0 heteroatoms. The van der Waals surface area contributed by atoms with Gasteiger partial charge in [0.1, 0.15) is 0 Å². The Morgan fingerprint density at radius 1 is 1.00 bits per heavy atom. The number of rotatable bonds is 0. The molecule has 0 atom stereocenters. The first-order valence-corrected chi connectivity index (χ1v) is 4.65. The minimum absolute atomic E-state index is 0.153. The monoisotopic (exact) mass is 170 g/mol. The van der Waals surface area contributed by atoms with Gasteiger partial charge in [-0.25, -0.2) is 0 Å². The zero-order valence-corrected chi connectivity index (χ0v) is 8.12. The topological polar surface area (TPSA) is 0 Å². The maximum absolute atomic E-state index is 2.25. The van der Waals surface area contributed by atoms with Gasteiger partial charge in [0, 0.05) is 5.41 Å². The molecule has 0 aliphatic heterocycles. The van der Waals surface area contributed by atoms with Crippen LogP contribution in [0, 0.1) is 0 Å². The third kappa shape index (κ3) is 1.44. The molecule has 1 aromatic carbocycles. The highest BCUT2D eigenvalue weighted by molar-refractivity contribution is 5.60. The number of allylic oxidation sites excluding steroid dienone is 3. The molecule has 0 N–H and O–H groups in total. The van der Waals surface area contributed by atoms with Gasteiger partial charge in [0.05, 0.1) is 0 Å². The van der Waals surface area contributed by atoms with Crippen LogP contribution in [0.4, 0.5) is 0 Å². The van der Waals surface area contributed by atoms with Gasteiger partial charge in [-0.05, 0) is 11.1 Å². The molecule has 0 unspecified atom stereocenters. The van der Waals surface area contributed by atoms with E-state index in [1.807, 2.05) is 0 Å². The van der Waals surface area contributed by atoms with Crippen molar-refractivity contribution >= 4 is 6.08 Å². The first kappa shape index (κ1) is 8.31. The zero-order chi connectivity index (χ0) is 9.31. The number of fused-ring (bicyclic) bond motifs is 1. The van der Waals surface area contributed by atoms with Crippen molar-refractivity contribution in [3.05, 3.63) is 53.6 Å². The van der Waals surface area contributed by atoms with Crippen LogP contribution in [-0.2, 0) is 5.41 Å². The first-order valence-electron chi connectivity index (χ1n) is 4.65. The molecule has 0 aromatic heterocycles. The molecule has 0 spiro atoms. The Bertz CT molecular complexity index is 367. The Balaban J connectivity index is 2.64. The van der Waals surface area contributed by atoms with E-state index in [9.17, 15) is 0 Å². The second-order valence-corrected chi connectivity index (χ2v) is 4.03. The molecule has 0 radical (unpaired) electrons. The van der Waals surface area contributed by atoms with Crippen LogP contribution in [0.5, 0.6) is 0 Å². The highest BCUT2D eigenvalue weighted by Gasteiger charge is 2.19. The van der Waals surface area contributed by atoms with Gasteiger partial charge in [-0.15, -0.1) is 0 Å². The molecule has 0 saturated heterocycles. The van der Waals surface area contributed by atoms with Gasteiger partial charge in [-0.2, -0.15) is 0 Å². The maximum atomic E-state index is 2.25. The highest BCUT2D eigenvalue weighted by Crippen LogP contribution is 2.30. The van der Waals surface area contributed by atoms with Crippen LogP contribution >= 0.6 is 0 Å². The van der Waals surface area contributed by atoms with Gasteiger partial charge in [0.25, 0.3) is 0 Å². The Kier molecular flexibility index (Phi) is 1.84. The SMILES string of the molecule is CC1(C)C=CC=Cc2ccccc21. The van der Waals surface area contributed by atoms with E-state index < -0.39 is 0 Å². The fourth-order valence-corrected chi connectivity index (χ4v) is 1.77. The lowest BCUT2D eigenvalue weighted by molar-refractivity contribution is 0.670. The summed E-state index contributed by atoms with van der Waals surface area (Å²) in [6, 6.07) is 8.56. The van der Waals surface area contributed by atoms with E-state index in [1.54, 1.807) is 0 Å². The summed E-state index contributed by atoms with van der Waals surface area (Å²) in [5, 5.41) is 0. The lowest BCUT2D eigenvalue weighted by Gasteiger charge is -2.21. The molecule has 0 saturated carbocycles. The van der Waals surface area contributed by atoms with E-state index in [-0.39, 0.29) is 5.41 Å². The Morgan fingerprint density at radius 3 is 2.62 bits per heavy atom. The molecule has 1 aliphatic rings. The van der Waals surface area contributed by atoms with Gasteiger partial charge in [-0.3, -0.25) is 0 Å². The van der Waals surface area contributed by atoms with Crippen LogP contribution in [0.2, 0.25) is 0 Å². The largest absolute Gasteiger partial charge is 0.0745 e. The normalized spacial score (nSPS) is 18.0. The summed E-state index contributed by atoms with van der Waals surface area (Å²) >= 11 is 0. The fraction of sp³-hybridized carbons (Fsp3) is 0.231. The van der Waals surface area contributed by atoms with Crippen LogP contribution in [0.25, 0.3) is 6.08 Å². The minimum atomic E-state index is 0.153. The zero-order valence-electron chi connectivity index (χ0n) is 8.12. The summed E-state index contributed by atoms with van der Waals surface area (Å²) in [7, 11) is 0. The quantitative estimate of drug-likeness (QED) is 0.558. The van der Waals surface area contributed by atoms with E-state index in [2.05, 4.69) is 62.4 Å². The van der Waals surface area contributed by atoms with Crippen molar-refractivity contribution in [2.75, 3.05) is 0 Å². The van der Waals surface area contributed by atoms with Gasteiger partial charge < -0.3 is 0 Å². The van der Waals surface area contributed by atoms with Crippen LogP contribution in [-0.4, -0.2) is 0 Å². The van der Waals surface area contributed by atoms with E-state index in [1.165, 1.54) is 11.1 Å². The molecule has 66 valence electrons. The predicted octanol–water partition coefficient (Wildman–Crippen LogP) is 3.55. The third-order valence-electron chi connectivity index (χ3n) is 2.55. The average Bonchev–Trinajstić information content (AvgIpc) is 2.26. The molecule has 0 nitrogen and oxygen atoms in total. The van der Waals surface area contributed by atoms with Gasteiger partial charge >= 0.3 is 0 Å². The third-order valence-corrected chi connectivity index (χ3v) is 2.55. The lowest BCUT2D eigenvalue weighted by atomic mass is 9.82. The molecule has 1 aromatic rings. The Morgan fingerprint density at radius 2 is 1.77 bits per heavy atom. The van der Waals surface area contributed by atoms with Crippen LogP contribution in [0.3, 0.4) is 0 Å². The van der Waals surface area contributed by atoms with Gasteiger partial charge in [-0.1, -0.05) is 62.4 Å². The van der Waals surface area contributed by atoms with Crippen LogP contribution in [0.1, 0.15) is 25.0 Å². The van der Waals surface area contributed by atoms with Crippen molar-refractivity contribution in [1.29, 1.82) is 0 Å². The Hall–Kier alpha value is -1.30. The second kappa shape index (κ2) is 2.88. The fourth-order valence-electron chi connectivity index (χ4n) is 1.77. The molecule has 0 amide bonds. The van der Waals surface area contributed by atoms with Crippen molar-refractivity contribution in [2.24, 2.45) is 0 Å². The first-order chi connectivity index (χ1) is 6.20. The van der Waals surface area contributed by atoms with E-state index in [0.29, 0.717) is 0 Å². The summed E-state index contributed by atoms with van der Waals surface area (Å²) in [4.78, 5) is 0. The summed E-state index contributed by atoms with van der Waals surface area (Å²) in [5.41, 5.74) is 2.89. The Labute approximate surface area is 79.6 Å². The molecule has 0 bridgehead atoms. The smallest absolute Gasteiger partial charge is 0.00843 e. The number of hydrogen-bond donors (Lipinski definition) is 0. The van der Waals surface area contributed by atoms with Crippen LogP contribution < -0.4 is 0 Å². The van der Waals surface area contributed by atoms with Crippen molar-refractivity contribution < 1.29 is 0 Å². The second-order valence-electron chi connectivity index (χ2n) is 4.03. The standard InChI is InChI=1S/C13H14/c1-13(2)10-6-5-8-11-7-3-4-9-12(11)13/h3-10H,1-2H3. The molecule has 0 fully saturated rings. The lowest BCUT2D eigenvalue weighted by Crippen LogP contribution is -2.14. The highest BCUT2D eigenvalue weighted by atomic mass is 14.2. The number of hydrogen-bond acceptors (Lipinski definition) is 0. The molecular formula is C13H14. The summed E-state index contributed by atoms with van der Waals surface area (Å²) in [6.07, 6.45) is 8.64. The minimum Gasteiger partial charge on any atom is -0.0745 e. The number of benzene rings is 1. The maximum Gasteiger partial charge on any atom is 0.00843 e. The molecule has 1 aliphatic carbocycles. The van der Waals surface area contributed by atoms with Crippen molar-refractivity contribution in [1.82, 2.24) is 0 Å². The summed E-state index contributed by atoms with van der Waals surface area (Å²) in [6.45, 7) is 4.49. The van der Waals surface area contributed by atoms with E-state index in [4.69, 9.17) is 0 Å². The van der Waals surface area contributed by atoms with Crippen molar-refractivity contribution in [2.45, 2.75) is 19.3 Å². The predicted molar refractivity (Wildman–Crippen MR) is 57.6 cm³/mol. The van der Waals surface area contributed by atoms with Crippen molar-refractivity contribution in [3.63, 3.8) is 0 Å². The summed E-state index contributed by atoms with van der Waals surface area (Å²) in [5.74, 6) is 0. The summed E-state index contributed by atoms with van der Waals surface area (Å²) < 4.78 is 0. The van der Waals surface area contributed by atoms with E-state index >= 15 is 0 Å². The molecular weight excluding hydrogens is 156 g/mol. The van der Waals surface area contributed by atoms with Gasteiger partial charge in [0.2, 0.25) is 0 Å². The molecule has 13 heavy (non-hydrogen) atoms. The van der Waals surface area contributed by atoms with E-state index in [0.717, 1.165) is 0 Å². The van der Waals surface area contributed by atoms with Crippen LogP contribution in [0.15, 0.2) is 42.5 Å². The van der Waals surface area contributed by atoms with Crippen molar-refractivity contribution in [3.8, 4) is 0 Å².